The lowest BCUT2D eigenvalue weighted by Gasteiger charge is -2.41. The minimum Gasteiger partial charge on any atom is -0.490 e. The first-order valence-electron chi connectivity index (χ1n) is 8.93. The van der Waals surface area contributed by atoms with Crippen LogP contribution in [0.3, 0.4) is 0 Å². The van der Waals surface area contributed by atoms with Crippen LogP contribution in [0, 0.1) is 0 Å². The van der Waals surface area contributed by atoms with Gasteiger partial charge >= 0.3 is 0 Å². The van der Waals surface area contributed by atoms with Crippen LogP contribution in [0.2, 0.25) is 0 Å². The Morgan fingerprint density at radius 3 is 2.61 bits per heavy atom. The highest BCUT2D eigenvalue weighted by Crippen LogP contribution is 2.37. The number of hydrogen-bond acceptors (Lipinski definition) is 6. The maximum absolute atomic E-state index is 14.4. The molecule has 0 aromatic heterocycles. The van der Waals surface area contributed by atoms with Crippen molar-refractivity contribution in [2.75, 3.05) is 31.1 Å². The fourth-order valence-electron chi connectivity index (χ4n) is 3.63. The second-order valence-corrected chi connectivity index (χ2v) is 8.51. The summed E-state index contributed by atoms with van der Waals surface area (Å²) in [6.07, 6.45) is -0.243. The number of alkyl halides is 1. The summed E-state index contributed by atoms with van der Waals surface area (Å²) in [4.78, 5) is 2.45. The van der Waals surface area contributed by atoms with Crippen molar-refractivity contribution in [3.8, 4) is 5.75 Å². The Hall–Kier alpha value is -1.87. The summed E-state index contributed by atoms with van der Waals surface area (Å²) in [7, 11) is -3.61. The topological polar surface area (TPSA) is 78.9 Å². The number of sulfone groups is 1. The Bertz CT molecular complexity index is 898. The lowest BCUT2D eigenvalue weighted by atomic mass is 10.0. The molecule has 4 rings (SSSR count). The Balaban J connectivity index is 0.00000109. The Morgan fingerprint density at radius 2 is 1.89 bits per heavy atom. The number of nitrogens with one attached hydrogen (secondary N) is 1. The number of anilines is 1. The van der Waals surface area contributed by atoms with Gasteiger partial charge in [-0.2, -0.15) is 0 Å². The molecule has 0 amide bonds. The molecule has 2 aromatic rings. The summed E-state index contributed by atoms with van der Waals surface area (Å²) in [6, 6.07) is 13.0. The van der Waals surface area contributed by atoms with Crippen LogP contribution in [-0.4, -0.2) is 51.5 Å². The third kappa shape index (κ3) is 4.10. The molecule has 2 aromatic carbocycles. The second-order valence-electron chi connectivity index (χ2n) is 6.56. The molecular weight excluding hydrogens is 407 g/mol. The first kappa shape index (κ1) is 20.9. The van der Waals surface area contributed by atoms with Gasteiger partial charge in [0.15, 0.2) is 0 Å². The molecule has 1 fully saturated rings. The van der Waals surface area contributed by atoms with E-state index in [4.69, 9.17) is 9.40 Å². The average molecular weight is 429 g/mol. The van der Waals surface area contributed by atoms with E-state index in [9.17, 15) is 12.8 Å². The van der Waals surface area contributed by atoms with Crippen LogP contribution in [0.1, 0.15) is 6.42 Å². The summed E-state index contributed by atoms with van der Waals surface area (Å²) in [5.74, 6) is 0.499. The van der Waals surface area contributed by atoms with E-state index in [1.165, 1.54) is 0 Å². The van der Waals surface area contributed by atoms with Crippen LogP contribution in [0.4, 0.5) is 10.1 Å². The number of nitrogens with zero attached hydrogens (tertiary/aromatic N) is 1. The molecule has 0 saturated carbocycles. The molecule has 6 nitrogen and oxygen atoms in total. The first-order chi connectivity index (χ1) is 13.6. The molecule has 152 valence electrons. The van der Waals surface area contributed by atoms with Crippen molar-refractivity contribution in [3.05, 3.63) is 48.5 Å². The molecular formula is C19H22ClFN2O4S. The van der Waals surface area contributed by atoms with Gasteiger partial charge in [-0.15, -0.1) is 0 Å². The van der Waals surface area contributed by atoms with Gasteiger partial charge in [0, 0.05) is 12.6 Å². The maximum Gasteiger partial charge on any atom is 0.206 e. The van der Waals surface area contributed by atoms with Gasteiger partial charge in [-0.25, -0.2) is 12.8 Å². The number of rotatable bonds is 3. The van der Waals surface area contributed by atoms with E-state index >= 15 is 0 Å². The Labute approximate surface area is 169 Å². The van der Waals surface area contributed by atoms with Crippen LogP contribution < -0.4 is 15.0 Å². The van der Waals surface area contributed by atoms with E-state index in [-0.39, 0.29) is 15.8 Å². The zero-order chi connectivity index (χ0) is 20.1. The largest absolute Gasteiger partial charge is 0.490 e. The highest BCUT2D eigenvalue weighted by molar-refractivity contribution is 7.91. The third-order valence-corrected chi connectivity index (χ3v) is 6.74. The van der Waals surface area contributed by atoms with Crippen LogP contribution in [0.15, 0.2) is 58.3 Å². The molecule has 0 aliphatic carbocycles. The molecule has 0 radical (unpaired) electrons. The number of ether oxygens (including phenoxy) is 1. The molecule has 0 spiro atoms. The van der Waals surface area contributed by atoms with Crippen molar-refractivity contribution in [1.29, 1.82) is 0 Å². The monoisotopic (exact) mass is 428 g/mol. The van der Waals surface area contributed by atoms with Crippen molar-refractivity contribution in [1.82, 2.24) is 5.32 Å². The molecule has 2 aliphatic heterocycles. The summed E-state index contributed by atoms with van der Waals surface area (Å²) in [5, 5.41) is 3.06. The molecule has 2 aliphatic rings. The van der Waals surface area contributed by atoms with E-state index in [0.717, 1.165) is 12.2 Å². The SMILES string of the molecule is O=S(=O)(c1ccccc1)c1ccc2c(c1)OCCN2C1CCNCC1F.OCl. The molecule has 2 atom stereocenters. The lowest BCUT2D eigenvalue weighted by Crippen LogP contribution is -2.53. The first-order valence-corrected chi connectivity index (χ1v) is 10.7. The van der Waals surface area contributed by atoms with Gasteiger partial charge in [0.25, 0.3) is 0 Å². The predicted octanol–water partition coefficient (Wildman–Crippen LogP) is 2.55. The zero-order valence-electron chi connectivity index (χ0n) is 15.1. The molecule has 2 heterocycles. The summed E-state index contributed by atoms with van der Waals surface area (Å²) in [6.45, 7) is 2.14. The molecule has 1 saturated heterocycles. The number of hydrogen-bond donors (Lipinski definition) is 2. The standard InChI is InChI=1S/C19H21FN2O3S.ClHO/c20-16-13-21-9-8-17(16)22-10-11-25-19-12-15(6-7-18(19)22)26(23,24)14-4-2-1-3-5-14;1-2/h1-7,12,16-17,21H,8-11,13H2;2H. The number of piperidine rings is 1. The van der Waals surface area contributed by atoms with E-state index in [1.54, 1.807) is 48.5 Å². The second kappa shape index (κ2) is 9.09. The van der Waals surface area contributed by atoms with Crippen molar-refractivity contribution >= 4 is 27.4 Å². The van der Waals surface area contributed by atoms with Crippen LogP contribution in [-0.2, 0) is 9.84 Å². The summed E-state index contributed by atoms with van der Waals surface area (Å²) in [5.41, 5.74) is 0.762. The smallest absolute Gasteiger partial charge is 0.206 e. The Morgan fingerprint density at radius 1 is 1.14 bits per heavy atom. The van der Waals surface area contributed by atoms with Crippen molar-refractivity contribution in [3.63, 3.8) is 0 Å². The fraction of sp³-hybridized carbons (Fsp3) is 0.368. The minimum atomic E-state index is -3.61. The minimum absolute atomic E-state index is 0.186. The zero-order valence-corrected chi connectivity index (χ0v) is 16.7. The summed E-state index contributed by atoms with van der Waals surface area (Å²) < 4.78 is 52.2. The maximum atomic E-state index is 14.4. The van der Waals surface area contributed by atoms with E-state index in [1.807, 2.05) is 4.90 Å². The summed E-state index contributed by atoms with van der Waals surface area (Å²) >= 11 is 3.64. The number of halogens is 2. The van der Waals surface area contributed by atoms with E-state index in [0.29, 0.717) is 31.9 Å². The van der Waals surface area contributed by atoms with Crippen LogP contribution in [0.25, 0.3) is 0 Å². The fourth-order valence-corrected chi connectivity index (χ4v) is 4.92. The van der Waals surface area contributed by atoms with Gasteiger partial charge in [-0.05, 0) is 37.2 Å². The molecule has 28 heavy (non-hydrogen) atoms. The lowest BCUT2D eigenvalue weighted by molar-refractivity contribution is 0.208. The van der Waals surface area contributed by atoms with Crippen LogP contribution >= 0.6 is 11.9 Å². The van der Waals surface area contributed by atoms with Gasteiger partial charge in [0.2, 0.25) is 9.84 Å². The molecule has 0 bridgehead atoms. The third-order valence-electron chi connectivity index (χ3n) is 4.97. The van der Waals surface area contributed by atoms with Crippen LogP contribution in [0.5, 0.6) is 5.75 Å². The van der Waals surface area contributed by atoms with E-state index < -0.39 is 16.0 Å². The highest BCUT2D eigenvalue weighted by atomic mass is 35.5. The number of benzene rings is 2. The predicted molar refractivity (Wildman–Crippen MR) is 105 cm³/mol. The normalized spacial score (nSPS) is 21.8. The molecule has 2 unspecified atom stereocenters. The van der Waals surface area contributed by atoms with E-state index in [2.05, 4.69) is 17.2 Å². The average Bonchev–Trinajstić information content (AvgIpc) is 2.75. The molecule has 2 N–H and O–H groups in total. The van der Waals surface area contributed by atoms with Gasteiger partial charge in [0.05, 0.1) is 39.9 Å². The van der Waals surface area contributed by atoms with Gasteiger partial charge in [-0.1, -0.05) is 18.2 Å². The van der Waals surface area contributed by atoms with Crippen molar-refractivity contribution < 1.29 is 22.2 Å². The van der Waals surface area contributed by atoms with Gasteiger partial charge < -0.3 is 15.0 Å². The number of fused-ring (bicyclic) bond motifs is 1. The van der Waals surface area contributed by atoms with Crippen molar-refractivity contribution in [2.45, 2.75) is 28.4 Å². The highest BCUT2D eigenvalue weighted by Gasteiger charge is 2.33. The molecule has 9 heteroatoms. The Kier molecular flexibility index (Phi) is 6.77. The van der Waals surface area contributed by atoms with Gasteiger partial charge in [0.1, 0.15) is 18.5 Å². The van der Waals surface area contributed by atoms with Gasteiger partial charge in [-0.3, -0.25) is 4.66 Å². The quantitative estimate of drug-likeness (QED) is 0.782. The van der Waals surface area contributed by atoms with Crippen molar-refractivity contribution in [2.24, 2.45) is 0 Å².